The number of primary amides is 1. The van der Waals surface area contributed by atoms with Crippen LogP contribution < -0.4 is 16.4 Å². The minimum absolute atomic E-state index is 0.119. The van der Waals surface area contributed by atoms with Gasteiger partial charge in [-0.15, -0.1) is 0 Å². The van der Waals surface area contributed by atoms with Crippen molar-refractivity contribution in [3.05, 3.63) is 35.9 Å². The maximum absolute atomic E-state index is 11.9. The van der Waals surface area contributed by atoms with Crippen molar-refractivity contribution < 1.29 is 19.1 Å². The molecular formula is C17H24N4O4. The third kappa shape index (κ3) is 6.90. The van der Waals surface area contributed by atoms with Crippen molar-refractivity contribution in [1.82, 2.24) is 15.5 Å². The Morgan fingerprint density at radius 2 is 2.00 bits per heavy atom. The number of ether oxygens (including phenoxy) is 1. The summed E-state index contributed by atoms with van der Waals surface area (Å²) in [6.45, 7) is 2.39. The fourth-order valence-electron chi connectivity index (χ4n) is 2.66. The van der Waals surface area contributed by atoms with E-state index in [1.54, 1.807) is 0 Å². The highest BCUT2D eigenvalue weighted by molar-refractivity contribution is 5.94. The van der Waals surface area contributed by atoms with E-state index in [0.717, 1.165) is 5.56 Å². The molecule has 1 aromatic carbocycles. The first-order chi connectivity index (χ1) is 12.0. The molecule has 0 spiro atoms. The molecule has 1 saturated heterocycles. The predicted molar refractivity (Wildman–Crippen MR) is 91.4 cm³/mol. The largest absolute Gasteiger partial charge is 0.378 e. The monoisotopic (exact) mass is 348 g/mol. The Morgan fingerprint density at radius 3 is 2.72 bits per heavy atom. The van der Waals surface area contributed by atoms with Gasteiger partial charge in [-0.25, -0.2) is 4.79 Å². The smallest absolute Gasteiger partial charge is 0.321 e. The van der Waals surface area contributed by atoms with Crippen LogP contribution in [0, 0.1) is 0 Å². The van der Waals surface area contributed by atoms with Gasteiger partial charge in [0.25, 0.3) is 0 Å². The third-order valence-electron chi connectivity index (χ3n) is 3.96. The van der Waals surface area contributed by atoms with Crippen molar-refractivity contribution in [3.63, 3.8) is 0 Å². The van der Waals surface area contributed by atoms with Crippen LogP contribution in [-0.2, 0) is 20.9 Å². The summed E-state index contributed by atoms with van der Waals surface area (Å²) in [6.07, 6.45) is 0.354. The number of nitrogens with two attached hydrogens (primary N) is 1. The lowest BCUT2D eigenvalue weighted by molar-refractivity contribution is -0.122. The van der Waals surface area contributed by atoms with Crippen LogP contribution in [-0.4, -0.2) is 55.1 Å². The number of hydrogen-bond acceptors (Lipinski definition) is 5. The number of rotatable bonds is 7. The van der Waals surface area contributed by atoms with Crippen molar-refractivity contribution in [2.24, 2.45) is 5.73 Å². The summed E-state index contributed by atoms with van der Waals surface area (Å²) in [5.41, 5.74) is 6.19. The Kier molecular flexibility index (Phi) is 7.36. The zero-order chi connectivity index (χ0) is 18.1. The van der Waals surface area contributed by atoms with Gasteiger partial charge in [0.15, 0.2) is 0 Å². The number of morpholine rings is 1. The Balaban J connectivity index is 1.70. The molecule has 2 rings (SSSR count). The Morgan fingerprint density at radius 1 is 1.24 bits per heavy atom. The zero-order valence-corrected chi connectivity index (χ0v) is 14.1. The van der Waals surface area contributed by atoms with E-state index in [2.05, 4.69) is 10.6 Å². The maximum atomic E-state index is 11.9. The van der Waals surface area contributed by atoms with E-state index in [1.807, 2.05) is 35.2 Å². The minimum Gasteiger partial charge on any atom is -0.378 e. The van der Waals surface area contributed by atoms with Crippen LogP contribution in [0.4, 0.5) is 4.79 Å². The number of carbonyl (C=O) groups is 3. The molecular weight excluding hydrogens is 324 g/mol. The molecule has 25 heavy (non-hydrogen) atoms. The predicted octanol–water partition coefficient (Wildman–Crippen LogP) is -0.0213. The summed E-state index contributed by atoms with van der Waals surface area (Å²) in [7, 11) is 0. The zero-order valence-electron chi connectivity index (χ0n) is 14.1. The van der Waals surface area contributed by atoms with Gasteiger partial charge in [-0.3, -0.25) is 19.8 Å². The Hall–Kier alpha value is -2.45. The van der Waals surface area contributed by atoms with Crippen molar-refractivity contribution in [1.29, 1.82) is 0 Å². The first kappa shape index (κ1) is 18.9. The van der Waals surface area contributed by atoms with Gasteiger partial charge in [0.2, 0.25) is 11.8 Å². The van der Waals surface area contributed by atoms with Crippen LogP contribution in [0.1, 0.15) is 18.4 Å². The molecule has 4 N–H and O–H groups in total. The molecule has 1 atom stereocenters. The van der Waals surface area contributed by atoms with E-state index in [9.17, 15) is 14.4 Å². The molecule has 1 unspecified atom stereocenters. The first-order valence-corrected chi connectivity index (χ1v) is 8.26. The van der Waals surface area contributed by atoms with Gasteiger partial charge in [0, 0.05) is 38.5 Å². The normalized spacial score (nSPS) is 17.7. The molecule has 136 valence electrons. The Labute approximate surface area is 146 Å². The summed E-state index contributed by atoms with van der Waals surface area (Å²) in [4.78, 5) is 36.8. The Bertz CT molecular complexity index is 594. The van der Waals surface area contributed by atoms with Crippen LogP contribution >= 0.6 is 0 Å². The lowest BCUT2D eigenvalue weighted by atomic mass is 10.1. The number of nitrogens with zero attached hydrogens (tertiary/aromatic N) is 1. The van der Waals surface area contributed by atoms with Crippen LogP contribution in [0.15, 0.2) is 30.3 Å². The van der Waals surface area contributed by atoms with E-state index < -0.39 is 11.9 Å². The quantitative estimate of drug-likeness (QED) is 0.641. The lowest BCUT2D eigenvalue weighted by Gasteiger charge is -2.34. The molecule has 8 heteroatoms. The fraction of sp³-hybridized carbons (Fsp3) is 0.471. The van der Waals surface area contributed by atoms with Crippen molar-refractivity contribution in [2.45, 2.75) is 25.4 Å². The molecule has 1 heterocycles. The maximum Gasteiger partial charge on any atom is 0.321 e. The van der Waals surface area contributed by atoms with Gasteiger partial charge >= 0.3 is 6.03 Å². The number of nitrogens with one attached hydrogen (secondary N) is 2. The first-order valence-electron chi connectivity index (χ1n) is 8.26. The molecule has 1 aliphatic rings. The minimum atomic E-state index is -0.524. The van der Waals surface area contributed by atoms with Gasteiger partial charge in [-0.05, 0) is 5.56 Å². The van der Waals surface area contributed by atoms with Gasteiger partial charge < -0.3 is 15.8 Å². The number of imide groups is 1. The number of amides is 4. The van der Waals surface area contributed by atoms with E-state index in [-0.39, 0.29) is 24.8 Å². The third-order valence-corrected chi connectivity index (χ3v) is 3.96. The molecule has 1 fully saturated rings. The molecule has 0 aliphatic carbocycles. The summed E-state index contributed by atoms with van der Waals surface area (Å²) >= 11 is 0. The van der Waals surface area contributed by atoms with E-state index in [1.165, 1.54) is 0 Å². The average molecular weight is 348 g/mol. The summed E-state index contributed by atoms with van der Waals surface area (Å²) in [5, 5.41) is 4.94. The molecule has 0 radical (unpaired) electrons. The highest BCUT2D eigenvalue weighted by Gasteiger charge is 2.25. The molecule has 0 aromatic heterocycles. The lowest BCUT2D eigenvalue weighted by Crippen LogP contribution is -2.48. The second-order valence-corrected chi connectivity index (χ2v) is 5.90. The van der Waals surface area contributed by atoms with Crippen molar-refractivity contribution >= 4 is 17.8 Å². The van der Waals surface area contributed by atoms with E-state index in [4.69, 9.17) is 10.5 Å². The standard InChI is InChI=1S/C17H24N4O4/c18-15(22)10-14-12-25-9-8-21(14)7-6-16(23)20-17(24)19-11-13-4-2-1-3-5-13/h1-5,14H,6-12H2,(H2,18,22)(H2,19,20,23,24). The highest BCUT2D eigenvalue weighted by atomic mass is 16.5. The summed E-state index contributed by atoms with van der Waals surface area (Å²) < 4.78 is 5.34. The van der Waals surface area contributed by atoms with Crippen LogP contribution in [0.25, 0.3) is 0 Å². The topological polar surface area (TPSA) is 114 Å². The second kappa shape index (κ2) is 9.75. The van der Waals surface area contributed by atoms with Gasteiger partial charge in [0.05, 0.1) is 13.2 Å². The molecule has 8 nitrogen and oxygen atoms in total. The van der Waals surface area contributed by atoms with Crippen LogP contribution in [0.3, 0.4) is 0 Å². The van der Waals surface area contributed by atoms with E-state index >= 15 is 0 Å². The fourth-order valence-corrected chi connectivity index (χ4v) is 2.66. The van der Waals surface area contributed by atoms with Crippen molar-refractivity contribution in [3.8, 4) is 0 Å². The average Bonchev–Trinajstić information content (AvgIpc) is 2.59. The molecule has 0 bridgehead atoms. The highest BCUT2D eigenvalue weighted by Crippen LogP contribution is 2.10. The SMILES string of the molecule is NC(=O)CC1COCCN1CCC(=O)NC(=O)NCc1ccccc1. The summed E-state index contributed by atoms with van der Waals surface area (Å²) in [5.74, 6) is -0.764. The number of hydrogen-bond donors (Lipinski definition) is 3. The molecule has 0 saturated carbocycles. The molecule has 1 aliphatic heterocycles. The van der Waals surface area contributed by atoms with Crippen LogP contribution in [0.2, 0.25) is 0 Å². The van der Waals surface area contributed by atoms with Gasteiger partial charge in [-0.1, -0.05) is 30.3 Å². The second-order valence-electron chi connectivity index (χ2n) is 5.90. The van der Waals surface area contributed by atoms with Gasteiger partial charge in [-0.2, -0.15) is 0 Å². The molecule has 1 aromatic rings. The number of urea groups is 1. The molecule has 4 amide bonds. The van der Waals surface area contributed by atoms with E-state index in [0.29, 0.717) is 32.8 Å². The number of carbonyl (C=O) groups excluding carboxylic acids is 3. The van der Waals surface area contributed by atoms with Crippen LogP contribution in [0.5, 0.6) is 0 Å². The van der Waals surface area contributed by atoms with Crippen molar-refractivity contribution in [2.75, 3.05) is 26.3 Å². The van der Waals surface area contributed by atoms with Gasteiger partial charge in [0.1, 0.15) is 0 Å². The summed E-state index contributed by atoms with van der Waals surface area (Å²) in [6, 6.07) is 8.79. The number of benzene rings is 1.